The minimum atomic E-state index is -3.58. The van der Waals surface area contributed by atoms with E-state index in [1.165, 1.54) is 9.21 Å². The molecule has 1 atom stereocenters. The Balaban J connectivity index is 2.18. The molecular weight excluding hydrogens is 545 g/mol. The number of carbonyl (C=O) groups is 2. The second-order valence-electron chi connectivity index (χ2n) is 9.00. The fourth-order valence-corrected chi connectivity index (χ4v) is 4.89. The van der Waals surface area contributed by atoms with Crippen LogP contribution in [0.5, 0.6) is 0 Å². The first-order valence-electron chi connectivity index (χ1n) is 11.5. The van der Waals surface area contributed by atoms with Gasteiger partial charge in [-0.15, -0.1) is 0 Å². The molecule has 2 amide bonds. The summed E-state index contributed by atoms with van der Waals surface area (Å²) in [5.74, 6) is -0.288. The van der Waals surface area contributed by atoms with E-state index in [0.717, 1.165) is 11.8 Å². The average molecular weight is 577 g/mol. The topological polar surface area (TPSA) is 86.8 Å². The molecule has 0 bridgehead atoms. The van der Waals surface area contributed by atoms with Crippen LogP contribution in [0.2, 0.25) is 15.1 Å². The lowest BCUT2D eigenvalue weighted by Gasteiger charge is -2.30. The molecule has 0 radical (unpaired) electrons. The van der Waals surface area contributed by atoms with Crippen LogP contribution >= 0.6 is 34.8 Å². The number of nitrogens with zero attached hydrogens (tertiary/aromatic N) is 2. The van der Waals surface area contributed by atoms with Gasteiger partial charge in [0.15, 0.2) is 0 Å². The highest BCUT2D eigenvalue weighted by atomic mass is 35.5. The summed E-state index contributed by atoms with van der Waals surface area (Å²) in [4.78, 5) is 27.6. The predicted octanol–water partition coefficient (Wildman–Crippen LogP) is 5.38. The van der Waals surface area contributed by atoms with Crippen molar-refractivity contribution in [3.05, 3.63) is 63.1 Å². The smallest absolute Gasteiger partial charge is 0.242 e. The summed E-state index contributed by atoms with van der Waals surface area (Å²) in [6.45, 7) is 6.37. The van der Waals surface area contributed by atoms with Gasteiger partial charge in [0.2, 0.25) is 21.8 Å². The van der Waals surface area contributed by atoms with Crippen LogP contribution in [-0.2, 0) is 26.2 Å². The van der Waals surface area contributed by atoms with Crippen molar-refractivity contribution in [2.45, 2.75) is 46.2 Å². The number of amides is 2. The first-order valence-corrected chi connectivity index (χ1v) is 14.5. The maximum Gasteiger partial charge on any atom is 0.242 e. The molecule has 1 N–H and O–H groups in total. The maximum atomic E-state index is 13.3. The Labute approximate surface area is 228 Å². The van der Waals surface area contributed by atoms with Gasteiger partial charge in [-0.05, 0) is 61.2 Å². The number of benzene rings is 2. The third-order valence-electron chi connectivity index (χ3n) is 5.46. The van der Waals surface area contributed by atoms with Gasteiger partial charge in [-0.2, -0.15) is 0 Å². The van der Waals surface area contributed by atoms with Crippen LogP contribution in [0.4, 0.5) is 5.69 Å². The summed E-state index contributed by atoms with van der Waals surface area (Å²) >= 11 is 18.1. The molecule has 0 unspecified atom stereocenters. The molecule has 0 fully saturated rings. The highest BCUT2D eigenvalue weighted by Crippen LogP contribution is 2.25. The van der Waals surface area contributed by atoms with E-state index in [1.54, 1.807) is 49.4 Å². The van der Waals surface area contributed by atoms with E-state index in [-0.39, 0.29) is 43.7 Å². The summed E-state index contributed by atoms with van der Waals surface area (Å²) < 4.78 is 26.0. The second-order valence-corrected chi connectivity index (χ2v) is 12.2. The fraction of sp³-hybridized carbons (Fsp3) is 0.440. The van der Waals surface area contributed by atoms with E-state index < -0.39 is 16.1 Å². The molecule has 0 saturated heterocycles. The monoisotopic (exact) mass is 575 g/mol. The van der Waals surface area contributed by atoms with Crippen molar-refractivity contribution in [2.75, 3.05) is 23.7 Å². The Hall–Kier alpha value is -2.00. The number of anilines is 1. The quantitative estimate of drug-likeness (QED) is 0.367. The van der Waals surface area contributed by atoms with Crippen LogP contribution in [0.3, 0.4) is 0 Å². The fourth-order valence-electron chi connectivity index (χ4n) is 3.48. The van der Waals surface area contributed by atoms with Crippen LogP contribution in [-0.4, -0.2) is 50.5 Å². The first kappa shape index (κ1) is 30.2. The predicted molar refractivity (Wildman–Crippen MR) is 147 cm³/mol. The zero-order valence-electron chi connectivity index (χ0n) is 20.8. The molecule has 0 heterocycles. The van der Waals surface area contributed by atoms with Crippen molar-refractivity contribution >= 4 is 62.3 Å². The van der Waals surface area contributed by atoms with Crippen molar-refractivity contribution in [3.63, 3.8) is 0 Å². The SMILES string of the molecule is CC(C)CNC(=O)[C@@H](C)N(Cc1ccc(Cl)c(Cl)c1)C(=O)CCCN(c1ccc(Cl)cc1)S(C)(=O)=O. The third-order valence-corrected chi connectivity index (χ3v) is 7.64. The van der Waals surface area contributed by atoms with Crippen molar-refractivity contribution in [2.24, 2.45) is 5.92 Å². The van der Waals surface area contributed by atoms with E-state index >= 15 is 0 Å². The molecular formula is C25H32Cl3N3O4S. The highest BCUT2D eigenvalue weighted by molar-refractivity contribution is 7.92. The Morgan fingerprint density at radius 2 is 1.61 bits per heavy atom. The van der Waals surface area contributed by atoms with E-state index in [4.69, 9.17) is 34.8 Å². The van der Waals surface area contributed by atoms with Crippen molar-refractivity contribution < 1.29 is 18.0 Å². The van der Waals surface area contributed by atoms with Crippen molar-refractivity contribution in [1.82, 2.24) is 10.2 Å². The lowest BCUT2D eigenvalue weighted by atomic mass is 10.1. The minimum Gasteiger partial charge on any atom is -0.354 e. The molecule has 36 heavy (non-hydrogen) atoms. The van der Waals surface area contributed by atoms with Gasteiger partial charge in [-0.25, -0.2) is 8.42 Å². The second kappa shape index (κ2) is 13.5. The van der Waals surface area contributed by atoms with E-state index in [2.05, 4.69) is 5.32 Å². The van der Waals surface area contributed by atoms with Gasteiger partial charge in [0.25, 0.3) is 0 Å². The molecule has 2 aromatic rings. The van der Waals surface area contributed by atoms with E-state index in [1.807, 2.05) is 13.8 Å². The van der Waals surface area contributed by atoms with Crippen molar-refractivity contribution in [1.29, 1.82) is 0 Å². The number of rotatable bonds is 12. The van der Waals surface area contributed by atoms with Crippen LogP contribution in [0.25, 0.3) is 0 Å². The van der Waals surface area contributed by atoms with Crippen LogP contribution in [0.1, 0.15) is 39.2 Å². The standard InChI is InChI=1S/C25H32Cl3N3O4S/c1-17(2)15-29-25(33)18(3)30(16-19-7-12-22(27)23(28)14-19)24(32)6-5-13-31(36(4,34)35)21-10-8-20(26)9-11-21/h7-12,14,17-18H,5-6,13,15-16H2,1-4H3,(H,29,33)/t18-/m1/s1. The number of halogens is 3. The summed E-state index contributed by atoms with van der Waals surface area (Å²) in [5.41, 5.74) is 1.18. The zero-order chi connectivity index (χ0) is 27.0. The third kappa shape index (κ3) is 9.14. The van der Waals surface area contributed by atoms with Gasteiger partial charge in [0.1, 0.15) is 6.04 Å². The molecule has 0 spiro atoms. The van der Waals surface area contributed by atoms with E-state index in [9.17, 15) is 18.0 Å². The molecule has 0 saturated carbocycles. The number of hydrogen-bond donors (Lipinski definition) is 1. The normalized spacial score (nSPS) is 12.3. The number of carbonyl (C=O) groups excluding carboxylic acids is 2. The summed E-state index contributed by atoms with van der Waals surface area (Å²) in [6.07, 6.45) is 1.41. The average Bonchev–Trinajstić information content (AvgIpc) is 2.80. The molecule has 198 valence electrons. The van der Waals surface area contributed by atoms with Crippen LogP contribution in [0, 0.1) is 5.92 Å². The van der Waals surface area contributed by atoms with Gasteiger partial charge in [0.05, 0.1) is 22.0 Å². The van der Waals surface area contributed by atoms with Gasteiger partial charge in [0, 0.05) is 31.1 Å². The number of sulfonamides is 1. The summed E-state index contributed by atoms with van der Waals surface area (Å²) in [6, 6.07) is 10.8. The lowest BCUT2D eigenvalue weighted by Crippen LogP contribution is -2.48. The van der Waals surface area contributed by atoms with Gasteiger partial charge in [-0.1, -0.05) is 54.7 Å². The summed E-state index contributed by atoms with van der Waals surface area (Å²) in [5, 5.41) is 4.10. The molecule has 0 aliphatic rings. The van der Waals surface area contributed by atoms with Gasteiger partial charge >= 0.3 is 0 Å². The molecule has 0 aromatic heterocycles. The zero-order valence-corrected chi connectivity index (χ0v) is 23.9. The van der Waals surface area contributed by atoms with E-state index in [0.29, 0.717) is 27.3 Å². The number of hydrogen-bond acceptors (Lipinski definition) is 4. The molecule has 11 heteroatoms. The van der Waals surface area contributed by atoms with Crippen LogP contribution in [0.15, 0.2) is 42.5 Å². The molecule has 0 aliphatic heterocycles. The number of nitrogens with one attached hydrogen (secondary N) is 1. The minimum absolute atomic E-state index is 0.0444. The van der Waals surface area contributed by atoms with Crippen LogP contribution < -0.4 is 9.62 Å². The Morgan fingerprint density at radius 1 is 0.972 bits per heavy atom. The Kier molecular flexibility index (Phi) is 11.3. The highest BCUT2D eigenvalue weighted by Gasteiger charge is 2.27. The first-order chi connectivity index (χ1) is 16.8. The molecule has 7 nitrogen and oxygen atoms in total. The molecule has 2 aromatic carbocycles. The largest absolute Gasteiger partial charge is 0.354 e. The lowest BCUT2D eigenvalue weighted by molar-refractivity contribution is -0.140. The van der Waals surface area contributed by atoms with Crippen molar-refractivity contribution in [3.8, 4) is 0 Å². The molecule has 0 aliphatic carbocycles. The maximum absolute atomic E-state index is 13.3. The van der Waals surface area contributed by atoms with Gasteiger partial charge < -0.3 is 10.2 Å². The van der Waals surface area contributed by atoms with Gasteiger partial charge in [-0.3, -0.25) is 13.9 Å². The molecule has 2 rings (SSSR count). The Morgan fingerprint density at radius 3 is 2.17 bits per heavy atom. The summed E-state index contributed by atoms with van der Waals surface area (Å²) in [7, 11) is -3.58. The Bertz CT molecular complexity index is 1160.